The van der Waals surface area contributed by atoms with Crippen LogP contribution in [0.3, 0.4) is 0 Å². The molecule has 0 saturated heterocycles. The maximum atomic E-state index is 5.67. The van der Waals surface area contributed by atoms with Gasteiger partial charge in [-0.05, 0) is 98.7 Å². The first kappa shape index (κ1) is 45.0. The summed E-state index contributed by atoms with van der Waals surface area (Å²) in [6, 6.07) is 46.0. The molecule has 3 aromatic heterocycles. The van der Waals surface area contributed by atoms with Gasteiger partial charge in [0.05, 0.1) is 22.4 Å². The van der Waals surface area contributed by atoms with Crippen LogP contribution in [0.1, 0.15) is 136 Å². The number of hydrogen-bond acceptors (Lipinski definition) is 4. The van der Waals surface area contributed by atoms with Gasteiger partial charge in [-0.15, -0.1) is 22.7 Å². The molecule has 3 heterocycles. The average Bonchev–Trinajstić information content (AvgIpc) is 4.05. The Labute approximate surface area is 397 Å². The molecule has 2 nitrogen and oxygen atoms in total. The van der Waals surface area contributed by atoms with E-state index >= 15 is 0 Å². The lowest BCUT2D eigenvalue weighted by molar-refractivity contribution is 0.398. The van der Waals surface area contributed by atoms with Crippen LogP contribution < -0.4 is 0 Å². The molecule has 0 unspecified atom stereocenters. The van der Waals surface area contributed by atoms with Crippen LogP contribution in [0.25, 0.3) is 76.0 Å². The quantitative estimate of drug-likeness (QED) is 0.0756. The van der Waals surface area contributed by atoms with E-state index in [-0.39, 0.29) is 5.41 Å². The summed E-state index contributed by atoms with van der Waals surface area (Å²) < 4.78 is 0. The second kappa shape index (κ2) is 20.1. The van der Waals surface area contributed by atoms with E-state index in [0.29, 0.717) is 0 Å². The first-order chi connectivity index (χ1) is 31.8. The average molecular weight is 891 g/mol. The van der Waals surface area contributed by atoms with Gasteiger partial charge in [0.1, 0.15) is 0 Å². The van der Waals surface area contributed by atoms with E-state index < -0.39 is 0 Å². The normalized spacial score (nSPS) is 12.8. The highest BCUT2D eigenvalue weighted by molar-refractivity contribution is 7.19. The van der Waals surface area contributed by atoms with Crippen molar-refractivity contribution in [3.63, 3.8) is 0 Å². The van der Waals surface area contributed by atoms with Crippen LogP contribution in [-0.2, 0) is 5.41 Å². The van der Waals surface area contributed by atoms with E-state index in [4.69, 9.17) is 9.97 Å². The molecular formula is C61H66N2S2. The van der Waals surface area contributed by atoms with Gasteiger partial charge in [0.25, 0.3) is 0 Å². The van der Waals surface area contributed by atoms with Crippen molar-refractivity contribution < 1.29 is 0 Å². The largest absolute Gasteiger partial charge is 0.243 e. The number of thiophene rings is 2. The molecule has 9 rings (SSSR count). The van der Waals surface area contributed by atoms with Gasteiger partial charge in [0.2, 0.25) is 0 Å². The van der Waals surface area contributed by atoms with Crippen molar-refractivity contribution in [2.45, 2.75) is 137 Å². The molecule has 65 heavy (non-hydrogen) atoms. The van der Waals surface area contributed by atoms with E-state index in [0.717, 1.165) is 44.7 Å². The van der Waals surface area contributed by atoms with Gasteiger partial charge >= 0.3 is 0 Å². The minimum atomic E-state index is 0.0472. The zero-order chi connectivity index (χ0) is 44.9. The highest BCUT2D eigenvalue weighted by Crippen LogP contribution is 2.56. The molecule has 8 aromatic rings. The fourth-order valence-corrected chi connectivity index (χ4v) is 12.3. The minimum absolute atomic E-state index is 0.0472. The van der Waals surface area contributed by atoms with Crippen molar-refractivity contribution in [1.29, 1.82) is 0 Å². The number of aromatic nitrogens is 2. The SMILES string of the molecule is CCCCCCCCC1(CCCCCCCC)c2cc(C)ccc2-c2ccc(-c3ccc(-c4ccc(-c5ccc(C)s5)c5nc(-c6ccc(C)cc6)c(-c6ccc(C)cc6)nc45)s3)cc21. The zero-order valence-electron chi connectivity index (χ0n) is 39.7. The maximum Gasteiger partial charge on any atom is 0.0988 e. The summed E-state index contributed by atoms with van der Waals surface area (Å²) in [5.41, 5.74) is 19.4. The van der Waals surface area contributed by atoms with Crippen LogP contribution in [0.15, 0.2) is 121 Å². The number of aryl methyl sites for hydroxylation is 4. The van der Waals surface area contributed by atoms with Gasteiger partial charge in [0, 0.05) is 47.2 Å². The Hall–Kier alpha value is -5.16. The Morgan fingerprint density at radius 3 is 1.35 bits per heavy atom. The summed E-state index contributed by atoms with van der Waals surface area (Å²) in [5.74, 6) is 0. The summed E-state index contributed by atoms with van der Waals surface area (Å²) in [7, 11) is 0. The van der Waals surface area contributed by atoms with Gasteiger partial charge in [-0.1, -0.05) is 199 Å². The van der Waals surface area contributed by atoms with Gasteiger partial charge in [-0.25, -0.2) is 9.97 Å². The van der Waals surface area contributed by atoms with Crippen molar-refractivity contribution in [1.82, 2.24) is 9.97 Å². The summed E-state index contributed by atoms with van der Waals surface area (Å²) in [5, 5.41) is 0. The van der Waals surface area contributed by atoms with E-state index in [1.54, 1.807) is 11.1 Å². The lowest BCUT2D eigenvalue weighted by Gasteiger charge is -2.33. The molecule has 0 saturated carbocycles. The molecule has 1 aliphatic carbocycles. The molecule has 0 bridgehead atoms. The highest BCUT2D eigenvalue weighted by atomic mass is 32.1. The van der Waals surface area contributed by atoms with Crippen LogP contribution >= 0.6 is 22.7 Å². The zero-order valence-corrected chi connectivity index (χ0v) is 41.3. The van der Waals surface area contributed by atoms with Crippen molar-refractivity contribution >= 4 is 33.7 Å². The van der Waals surface area contributed by atoms with E-state index in [1.165, 1.54) is 143 Å². The van der Waals surface area contributed by atoms with Crippen molar-refractivity contribution in [3.05, 3.63) is 154 Å². The summed E-state index contributed by atoms with van der Waals surface area (Å²) in [4.78, 5) is 16.3. The Balaban J connectivity index is 1.15. The number of nitrogens with zero attached hydrogens (tertiary/aromatic N) is 2. The fourth-order valence-electron chi connectivity index (χ4n) is 10.4. The van der Waals surface area contributed by atoms with E-state index in [2.05, 4.69) is 163 Å². The molecule has 0 amide bonds. The number of unbranched alkanes of at least 4 members (excludes halogenated alkanes) is 10. The first-order valence-electron chi connectivity index (χ1n) is 24.7. The van der Waals surface area contributed by atoms with Crippen LogP contribution in [-0.4, -0.2) is 9.97 Å². The minimum Gasteiger partial charge on any atom is -0.243 e. The van der Waals surface area contributed by atoms with Crippen LogP contribution in [0.5, 0.6) is 0 Å². The molecule has 0 aliphatic heterocycles. The molecule has 0 radical (unpaired) electrons. The lowest BCUT2D eigenvalue weighted by Crippen LogP contribution is -2.25. The topological polar surface area (TPSA) is 25.8 Å². The number of hydrogen-bond donors (Lipinski definition) is 0. The molecular weight excluding hydrogens is 825 g/mol. The molecule has 332 valence electrons. The fraction of sp³-hybridized carbons (Fsp3) is 0.344. The third kappa shape index (κ3) is 9.45. The molecule has 4 heteroatoms. The van der Waals surface area contributed by atoms with Gasteiger partial charge in [0.15, 0.2) is 0 Å². The lowest BCUT2D eigenvalue weighted by atomic mass is 9.70. The molecule has 0 atom stereocenters. The summed E-state index contributed by atoms with van der Waals surface area (Å²) in [6.45, 7) is 13.4. The Kier molecular flexibility index (Phi) is 14.0. The van der Waals surface area contributed by atoms with Gasteiger partial charge in [-0.2, -0.15) is 0 Å². The molecule has 1 aliphatic rings. The Bertz CT molecular complexity index is 2880. The van der Waals surface area contributed by atoms with Gasteiger partial charge in [-0.3, -0.25) is 0 Å². The number of rotatable bonds is 19. The standard InChI is InChI=1S/C61H66N2S2/c1-7-9-11-13-15-17-37-61(38-18-16-14-12-10-8-2)52-39-43(5)23-30-48(52)49-31-29-47(40-53(49)61)54-35-36-56(65-54)51-33-32-50(55-34-24-44(6)64-55)59-60(51)63-58(46-27-21-42(4)22-28-46)57(62-59)45-25-19-41(3)20-26-45/h19-36,39-40H,7-18,37-38H2,1-6H3. The molecule has 5 aromatic carbocycles. The van der Waals surface area contributed by atoms with Gasteiger partial charge < -0.3 is 0 Å². The molecule has 0 N–H and O–H groups in total. The predicted octanol–water partition coefficient (Wildman–Crippen LogP) is 19.1. The third-order valence-electron chi connectivity index (χ3n) is 14.1. The third-order valence-corrected chi connectivity index (χ3v) is 16.3. The monoisotopic (exact) mass is 890 g/mol. The van der Waals surface area contributed by atoms with E-state index in [9.17, 15) is 0 Å². The molecule has 0 fully saturated rings. The van der Waals surface area contributed by atoms with Crippen molar-refractivity contribution in [3.8, 4) is 65.0 Å². The maximum absolute atomic E-state index is 5.67. The highest BCUT2D eigenvalue weighted by Gasteiger charge is 2.42. The smallest absolute Gasteiger partial charge is 0.0988 e. The van der Waals surface area contributed by atoms with Crippen LogP contribution in [0.4, 0.5) is 0 Å². The predicted molar refractivity (Wildman–Crippen MR) is 284 cm³/mol. The second-order valence-electron chi connectivity index (χ2n) is 19.0. The van der Waals surface area contributed by atoms with Crippen LogP contribution in [0, 0.1) is 27.7 Å². The second-order valence-corrected chi connectivity index (χ2v) is 21.4. The Morgan fingerprint density at radius 1 is 0.385 bits per heavy atom. The Morgan fingerprint density at radius 2 is 0.815 bits per heavy atom. The van der Waals surface area contributed by atoms with Crippen molar-refractivity contribution in [2.24, 2.45) is 0 Å². The number of benzene rings is 5. The summed E-state index contributed by atoms with van der Waals surface area (Å²) >= 11 is 3.71. The molecule has 0 spiro atoms. The van der Waals surface area contributed by atoms with Crippen LogP contribution in [0.2, 0.25) is 0 Å². The number of fused-ring (bicyclic) bond motifs is 4. The van der Waals surface area contributed by atoms with Crippen molar-refractivity contribution in [2.75, 3.05) is 0 Å². The van der Waals surface area contributed by atoms with E-state index in [1.807, 2.05) is 22.7 Å². The first-order valence-corrected chi connectivity index (χ1v) is 26.3. The summed E-state index contributed by atoms with van der Waals surface area (Å²) in [6.07, 6.45) is 18.4.